The molecule has 2 amide bonds. The zero-order valence-electron chi connectivity index (χ0n) is 15.6. The summed E-state index contributed by atoms with van der Waals surface area (Å²) in [6.45, 7) is 0. The number of ether oxygens (including phenoxy) is 1. The number of nitrogens with zero attached hydrogens (tertiary/aromatic N) is 2. The Labute approximate surface area is 166 Å². The average Bonchev–Trinajstić information content (AvgIpc) is 3.51. The number of hydrogen-bond acceptors (Lipinski definition) is 6. The first kappa shape index (κ1) is 17.6. The summed E-state index contributed by atoms with van der Waals surface area (Å²) in [5.41, 5.74) is 0.970. The number of rotatable bonds is 4. The smallest absolute Gasteiger partial charge is 0.338 e. The fourth-order valence-corrected chi connectivity index (χ4v) is 4.67. The second-order valence-corrected chi connectivity index (χ2v) is 7.47. The minimum atomic E-state index is -0.463. The molecule has 7 heteroatoms. The molecule has 0 unspecified atom stereocenters. The summed E-state index contributed by atoms with van der Waals surface area (Å²) in [5, 5.41) is 5.09. The van der Waals surface area contributed by atoms with Crippen molar-refractivity contribution in [2.75, 3.05) is 7.11 Å². The van der Waals surface area contributed by atoms with Gasteiger partial charge in [-0.1, -0.05) is 30.4 Å². The van der Waals surface area contributed by atoms with Gasteiger partial charge in [0.15, 0.2) is 0 Å². The molecule has 2 aromatic rings. The number of carbonyl (C=O) groups is 3. The van der Waals surface area contributed by atoms with Gasteiger partial charge in [0, 0.05) is 5.56 Å². The molecule has 5 rings (SSSR count). The summed E-state index contributed by atoms with van der Waals surface area (Å²) < 4.78 is 10.6. The third-order valence-corrected chi connectivity index (χ3v) is 5.97. The van der Waals surface area contributed by atoms with Crippen molar-refractivity contribution in [3.63, 3.8) is 0 Å². The van der Waals surface area contributed by atoms with Crippen LogP contribution in [0.25, 0.3) is 11.3 Å². The minimum Gasteiger partial charge on any atom is -0.465 e. The summed E-state index contributed by atoms with van der Waals surface area (Å²) in [7, 11) is 1.32. The molecule has 146 valence electrons. The number of amides is 2. The second kappa shape index (κ2) is 6.55. The van der Waals surface area contributed by atoms with E-state index >= 15 is 0 Å². The van der Waals surface area contributed by atoms with Gasteiger partial charge in [-0.2, -0.15) is 10.1 Å². The molecule has 1 saturated carbocycles. The van der Waals surface area contributed by atoms with E-state index in [1.165, 1.54) is 13.3 Å². The third kappa shape index (κ3) is 2.65. The zero-order chi connectivity index (χ0) is 20.1. The molecule has 1 aromatic carbocycles. The summed E-state index contributed by atoms with van der Waals surface area (Å²) in [4.78, 5) is 37.3. The van der Waals surface area contributed by atoms with E-state index in [1.807, 2.05) is 12.2 Å². The molecule has 2 bridgehead atoms. The molecule has 0 spiro atoms. The lowest BCUT2D eigenvalue weighted by atomic mass is 9.85. The number of imide groups is 1. The highest BCUT2D eigenvalue weighted by atomic mass is 16.5. The Hall–Kier alpha value is -3.48. The van der Waals surface area contributed by atoms with Crippen LogP contribution in [0.3, 0.4) is 0 Å². The fraction of sp³-hybridized carbons (Fsp3) is 0.273. The monoisotopic (exact) mass is 390 g/mol. The highest BCUT2D eigenvalue weighted by Gasteiger charge is 2.59. The van der Waals surface area contributed by atoms with Crippen LogP contribution in [0.1, 0.15) is 22.5 Å². The van der Waals surface area contributed by atoms with Crippen molar-refractivity contribution in [1.29, 1.82) is 0 Å². The minimum absolute atomic E-state index is 0.145. The van der Waals surface area contributed by atoms with Gasteiger partial charge in [0.25, 0.3) is 11.8 Å². The van der Waals surface area contributed by atoms with Crippen LogP contribution in [-0.4, -0.2) is 36.1 Å². The zero-order valence-corrected chi connectivity index (χ0v) is 15.6. The Balaban J connectivity index is 1.38. The van der Waals surface area contributed by atoms with Crippen molar-refractivity contribution in [1.82, 2.24) is 5.01 Å². The lowest BCUT2D eigenvalue weighted by Crippen LogP contribution is -2.28. The third-order valence-electron chi connectivity index (χ3n) is 5.97. The Bertz CT molecular complexity index is 1050. The van der Waals surface area contributed by atoms with Crippen LogP contribution in [0.5, 0.6) is 0 Å². The summed E-state index contributed by atoms with van der Waals surface area (Å²) in [6.07, 6.45) is 6.32. The molecule has 29 heavy (non-hydrogen) atoms. The predicted octanol–water partition coefficient (Wildman–Crippen LogP) is 2.87. The maximum Gasteiger partial charge on any atom is 0.338 e. The number of hydrogen-bond donors (Lipinski definition) is 0. The van der Waals surface area contributed by atoms with Crippen LogP contribution in [0, 0.1) is 23.7 Å². The van der Waals surface area contributed by atoms with Crippen molar-refractivity contribution in [3.8, 4) is 11.3 Å². The van der Waals surface area contributed by atoms with E-state index in [0.29, 0.717) is 22.6 Å². The molecule has 0 radical (unpaired) electrons. The maximum atomic E-state index is 12.7. The van der Waals surface area contributed by atoms with Gasteiger partial charge in [-0.3, -0.25) is 9.59 Å². The van der Waals surface area contributed by atoms with Crippen molar-refractivity contribution in [2.45, 2.75) is 6.42 Å². The molecule has 2 heterocycles. The quantitative estimate of drug-likeness (QED) is 0.347. The predicted molar refractivity (Wildman–Crippen MR) is 103 cm³/mol. The topological polar surface area (TPSA) is 89.2 Å². The van der Waals surface area contributed by atoms with Crippen LogP contribution < -0.4 is 0 Å². The van der Waals surface area contributed by atoms with Gasteiger partial charge in [0.05, 0.1) is 30.7 Å². The molecular weight excluding hydrogens is 372 g/mol. The maximum absolute atomic E-state index is 12.7. The van der Waals surface area contributed by atoms with Crippen LogP contribution in [0.4, 0.5) is 0 Å². The standard InChI is InChI=1S/C22H18N2O5/c1-28-22(27)16-5-3-2-4-15(16)17-9-8-14(29-17)11-23-24-20(25)18-12-6-7-13(10-12)19(18)21(24)26/h2-9,11-13,18-19H,10H2,1H3/b23-11-/t12-,13-,18-,19-/m0/s1. The van der Waals surface area contributed by atoms with E-state index in [0.717, 1.165) is 11.4 Å². The summed E-state index contributed by atoms with van der Waals surface area (Å²) in [5.74, 6) is -0.382. The largest absolute Gasteiger partial charge is 0.465 e. The Morgan fingerprint density at radius 1 is 1.10 bits per heavy atom. The first-order chi connectivity index (χ1) is 14.1. The first-order valence-electron chi connectivity index (χ1n) is 9.46. The first-order valence-corrected chi connectivity index (χ1v) is 9.46. The second-order valence-electron chi connectivity index (χ2n) is 7.47. The highest BCUT2D eigenvalue weighted by Crippen LogP contribution is 2.52. The molecule has 1 saturated heterocycles. The van der Waals surface area contributed by atoms with Crippen molar-refractivity contribution in [2.24, 2.45) is 28.8 Å². The number of fused-ring (bicyclic) bond motifs is 5. The Kier molecular flexibility index (Phi) is 3.97. The van der Waals surface area contributed by atoms with Gasteiger partial charge in [0.1, 0.15) is 11.5 Å². The van der Waals surface area contributed by atoms with Crippen LogP contribution >= 0.6 is 0 Å². The normalized spacial score (nSPS) is 27.3. The van der Waals surface area contributed by atoms with E-state index in [9.17, 15) is 14.4 Å². The number of benzene rings is 1. The molecule has 1 aromatic heterocycles. The molecule has 2 aliphatic carbocycles. The highest BCUT2D eigenvalue weighted by molar-refractivity contribution is 6.06. The Morgan fingerprint density at radius 3 is 2.48 bits per heavy atom. The van der Waals surface area contributed by atoms with E-state index < -0.39 is 5.97 Å². The number of furan rings is 1. The molecule has 4 atom stereocenters. The van der Waals surface area contributed by atoms with Gasteiger partial charge in [-0.05, 0) is 36.5 Å². The SMILES string of the molecule is COC(=O)c1ccccc1-c1ccc(/C=N\N2C(=O)[C@@H]3[C@@H](C2=O)[C@H]2C=C[C@H]3C2)o1. The van der Waals surface area contributed by atoms with Gasteiger partial charge >= 0.3 is 5.97 Å². The average molecular weight is 390 g/mol. The van der Waals surface area contributed by atoms with Crippen molar-refractivity contribution in [3.05, 3.63) is 59.9 Å². The van der Waals surface area contributed by atoms with Gasteiger partial charge in [-0.25, -0.2) is 4.79 Å². The number of allylic oxidation sites excluding steroid dienone is 2. The molecule has 0 N–H and O–H groups in total. The lowest BCUT2D eigenvalue weighted by molar-refractivity contribution is -0.140. The van der Waals surface area contributed by atoms with E-state index in [4.69, 9.17) is 9.15 Å². The van der Waals surface area contributed by atoms with Crippen LogP contribution in [0.2, 0.25) is 0 Å². The van der Waals surface area contributed by atoms with Gasteiger partial charge < -0.3 is 9.15 Å². The van der Waals surface area contributed by atoms with E-state index in [-0.39, 0.29) is 35.5 Å². The molecule has 3 aliphatic rings. The Morgan fingerprint density at radius 2 is 1.79 bits per heavy atom. The molecule has 2 fully saturated rings. The van der Waals surface area contributed by atoms with Gasteiger partial charge in [-0.15, -0.1) is 0 Å². The number of hydrazone groups is 1. The van der Waals surface area contributed by atoms with Crippen molar-refractivity contribution >= 4 is 24.0 Å². The summed E-state index contributed by atoms with van der Waals surface area (Å²) in [6, 6.07) is 10.3. The number of methoxy groups -OCH3 is 1. The van der Waals surface area contributed by atoms with Crippen LogP contribution in [0.15, 0.2) is 58.1 Å². The van der Waals surface area contributed by atoms with Crippen LogP contribution in [-0.2, 0) is 14.3 Å². The van der Waals surface area contributed by atoms with Crippen molar-refractivity contribution < 1.29 is 23.5 Å². The number of esters is 1. The van der Waals surface area contributed by atoms with E-state index in [2.05, 4.69) is 5.10 Å². The summed E-state index contributed by atoms with van der Waals surface area (Å²) >= 11 is 0. The molecule has 7 nitrogen and oxygen atoms in total. The lowest BCUT2D eigenvalue weighted by Gasteiger charge is -2.13. The number of carbonyl (C=O) groups excluding carboxylic acids is 3. The molecule has 1 aliphatic heterocycles. The molecular formula is C22H18N2O5. The van der Waals surface area contributed by atoms with E-state index in [1.54, 1.807) is 36.4 Å². The fourth-order valence-electron chi connectivity index (χ4n) is 4.67. The van der Waals surface area contributed by atoms with Gasteiger partial charge in [0.2, 0.25) is 0 Å².